The second kappa shape index (κ2) is 7.48. The van der Waals surface area contributed by atoms with Crippen molar-refractivity contribution in [2.24, 2.45) is 0 Å². The third kappa shape index (κ3) is 5.19. The topological polar surface area (TPSA) is 53.9 Å². The van der Waals surface area contributed by atoms with E-state index in [1.807, 2.05) is 0 Å². The summed E-state index contributed by atoms with van der Waals surface area (Å²) < 4.78 is 0. The number of nitrogens with zero attached hydrogens (tertiary/aromatic N) is 1. The Bertz CT molecular complexity index is 308. The lowest BCUT2D eigenvalue weighted by Crippen LogP contribution is -3.18. The molecule has 5 nitrogen and oxygen atoms in total. The average Bonchev–Trinajstić information content (AvgIpc) is 2.69. The van der Waals surface area contributed by atoms with E-state index in [0.29, 0.717) is 25.0 Å². The first-order valence-electron chi connectivity index (χ1n) is 7.32. The molecule has 1 heterocycles. The number of hydrogen-bond donors (Lipinski definition) is 2. The molecule has 19 heavy (non-hydrogen) atoms. The summed E-state index contributed by atoms with van der Waals surface area (Å²) in [7, 11) is 0. The lowest BCUT2D eigenvalue weighted by atomic mass is 10.2. The number of nitrogens with one attached hydrogen (secondary N) is 2. The van der Waals surface area contributed by atoms with Crippen LogP contribution in [-0.2, 0) is 9.59 Å². The van der Waals surface area contributed by atoms with Gasteiger partial charge in [0, 0.05) is 13.0 Å². The molecule has 1 saturated heterocycles. The van der Waals surface area contributed by atoms with Crippen LogP contribution < -0.4 is 10.2 Å². The minimum atomic E-state index is -0.0397. The Morgan fingerprint density at radius 3 is 2.42 bits per heavy atom. The maximum absolute atomic E-state index is 11.8. The normalized spacial score (nSPS) is 15.9. The van der Waals surface area contributed by atoms with E-state index in [4.69, 9.17) is 0 Å². The minimum absolute atomic E-state index is 0.0397. The quantitative estimate of drug-likeness (QED) is 0.651. The van der Waals surface area contributed by atoms with Gasteiger partial charge in [-0.1, -0.05) is 0 Å². The summed E-state index contributed by atoms with van der Waals surface area (Å²) in [4.78, 5) is 26.3. The van der Waals surface area contributed by atoms with Gasteiger partial charge in [-0.05, 0) is 34.1 Å². The van der Waals surface area contributed by atoms with Gasteiger partial charge in [0.05, 0.1) is 31.7 Å². The predicted molar refractivity (Wildman–Crippen MR) is 74.9 cm³/mol. The van der Waals surface area contributed by atoms with Crippen molar-refractivity contribution in [3.8, 4) is 0 Å². The van der Waals surface area contributed by atoms with Gasteiger partial charge in [-0.15, -0.1) is 0 Å². The molecule has 0 spiro atoms. The van der Waals surface area contributed by atoms with Gasteiger partial charge >= 0.3 is 0 Å². The molecule has 0 unspecified atom stereocenters. The molecule has 0 aromatic heterocycles. The van der Waals surface area contributed by atoms with E-state index < -0.39 is 0 Å². The summed E-state index contributed by atoms with van der Waals surface area (Å²) in [5.74, 6) is 0.0638. The number of amides is 2. The fourth-order valence-electron chi connectivity index (χ4n) is 2.69. The van der Waals surface area contributed by atoms with Gasteiger partial charge < -0.3 is 15.1 Å². The van der Waals surface area contributed by atoms with Crippen molar-refractivity contribution in [3.05, 3.63) is 0 Å². The van der Waals surface area contributed by atoms with Crippen LogP contribution in [0.15, 0.2) is 0 Å². The fraction of sp³-hybridized carbons (Fsp3) is 0.857. The summed E-state index contributed by atoms with van der Waals surface area (Å²) in [6, 6.07) is 1.11. The standard InChI is InChI=1S/C14H27N3O2/c1-11(2)17(12(3)4)9-7-15-13(18)10-16-8-5-6-14(16)19/h11-12H,5-10H2,1-4H3,(H,15,18)/p+1. The molecule has 0 saturated carbocycles. The van der Waals surface area contributed by atoms with Crippen molar-refractivity contribution < 1.29 is 14.5 Å². The van der Waals surface area contributed by atoms with Gasteiger partial charge in [0.15, 0.2) is 0 Å². The highest BCUT2D eigenvalue weighted by molar-refractivity contribution is 5.85. The molecule has 1 aliphatic heterocycles. The molecule has 0 atom stereocenters. The van der Waals surface area contributed by atoms with Crippen molar-refractivity contribution in [1.29, 1.82) is 0 Å². The van der Waals surface area contributed by atoms with Crippen molar-refractivity contribution in [2.45, 2.75) is 52.6 Å². The highest BCUT2D eigenvalue weighted by atomic mass is 16.2. The summed E-state index contributed by atoms with van der Waals surface area (Å²) in [5, 5.41) is 2.92. The molecule has 1 fully saturated rings. The van der Waals surface area contributed by atoms with Crippen LogP contribution in [0.4, 0.5) is 0 Å². The second-order valence-electron chi connectivity index (χ2n) is 5.90. The van der Waals surface area contributed by atoms with E-state index >= 15 is 0 Å². The summed E-state index contributed by atoms with van der Waals surface area (Å²) in [6.07, 6.45) is 1.47. The van der Waals surface area contributed by atoms with Crippen LogP contribution in [0, 0.1) is 0 Å². The molecule has 0 radical (unpaired) electrons. The van der Waals surface area contributed by atoms with Crippen molar-refractivity contribution in [2.75, 3.05) is 26.2 Å². The van der Waals surface area contributed by atoms with Gasteiger partial charge in [0.1, 0.15) is 0 Å². The molecular formula is C14H28N3O2+. The first-order chi connectivity index (χ1) is 8.91. The summed E-state index contributed by atoms with van der Waals surface area (Å²) in [6.45, 7) is 11.3. The highest BCUT2D eigenvalue weighted by Gasteiger charge is 2.22. The van der Waals surface area contributed by atoms with Gasteiger partial charge in [0.2, 0.25) is 11.8 Å². The van der Waals surface area contributed by atoms with Crippen LogP contribution >= 0.6 is 0 Å². The van der Waals surface area contributed by atoms with E-state index in [-0.39, 0.29) is 18.4 Å². The van der Waals surface area contributed by atoms with Crippen LogP contribution in [-0.4, -0.2) is 55.0 Å². The van der Waals surface area contributed by atoms with Crippen LogP contribution in [0.2, 0.25) is 0 Å². The molecule has 0 bridgehead atoms. The summed E-state index contributed by atoms with van der Waals surface area (Å²) >= 11 is 0. The van der Waals surface area contributed by atoms with Crippen LogP contribution in [0.1, 0.15) is 40.5 Å². The maximum atomic E-state index is 11.8. The number of carbonyl (C=O) groups is 2. The third-order valence-electron chi connectivity index (χ3n) is 3.72. The molecule has 5 heteroatoms. The zero-order chi connectivity index (χ0) is 14.4. The molecule has 2 N–H and O–H groups in total. The van der Waals surface area contributed by atoms with E-state index in [1.54, 1.807) is 4.90 Å². The summed E-state index contributed by atoms with van der Waals surface area (Å²) in [5.41, 5.74) is 0. The van der Waals surface area contributed by atoms with E-state index in [9.17, 15) is 9.59 Å². The Morgan fingerprint density at radius 1 is 1.32 bits per heavy atom. The number of carbonyl (C=O) groups excluding carboxylic acids is 2. The number of rotatable bonds is 7. The van der Waals surface area contributed by atoms with E-state index in [2.05, 4.69) is 33.0 Å². The zero-order valence-corrected chi connectivity index (χ0v) is 12.7. The molecule has 0 aromatic carbocycles. The average molecular weight is 270 g/mol. The monoisotopic (exact) mass is 270 g/mol. The number of hydrogen-bond acceptors (Lipinski definition) is 2. The van der Waals surface area contributed by atoms with Gasteiger partial charge in [-0.25, -0.2) is 0 Å². The second-order valence-corrected chi connectivity index (χ2v) is 5.90. The Hall–Kier alpha value is -1.10. The predicted octanol–water partition coefficient (Wildman–Crippen LogP) is -0.573. The van der Waals surface area contributed by atoms with Gasteiger partial charge in [-0.3, -0.25) is 9.59 Å². The highest BCUT2D eigenvalue weighted by Crippen LogP contribution is 2.08. The SMILES string of the molecule is CC(C)[NH+](CCNC(=O)CN1CCCC1=O)C(C)C. The Morgan fingerprint density at radius 2 is 1.95 bits per heavy atom. The van der Waals surface area contributed by atoms with Crippen molar-refractivity contribution in [3.63, 3.8) is 0 Å². The van der Waals surface area contributed by atoms with E-state index in [1.165, 1.54) is 4.90 Å². The third-order valence-corrected chi connectivity index (χ3v) is 3.72. The van der Waals surface area contributed by atoms with Crippen molar-refractivity contribution >= 4 is 11.8 Å². The Labute approximate surface area is 116 Å². The van der Waals surface area contributed by atoms with Crippen LogP contribution in [0.25, 0.3) is 0 Å². The minimum Gasteiger partial charge on any atom is -0.349 e. The molecular weight excluding hydrogens is 242 g/mol. The zero-order valence-electron chi connectivity index (χ0n) is 12.7. The molecule has 0 aromatic rings. The lowest BCUT2D eigenvalue weighted by molar-refractivity contribution is -0.941. The maximum Gasteiger partial charge on any atom is 0.239 e. The van der Waals surface area contributed by atoms with Crippen LogP contribution in [0.3, 0.4) is 0 Å². The van der Waals surface area contributed by atoms with Gasteiger partial charge in [0.25, 0.3) is 0 Å². The number of quaternary nitrogens is 1. The smallest absolute Gasteiger partial charge is 0.239 e. The molecule has 0 aliphatic carbocycles. The fourth-order valence-corrected chi connectivity index (χ4v) is 2.69. The van der Waals surface area contributed by atoms with Gasteiger partial charge in [-0.2, -0.15) is 0 Å². The molecule has 2 amide bonds. The Kier molecular flexibility index (Phi) is 6.28. The largest absolute Gasteiger partial charge is 0.349 e. The molecule has 110 valence electrons. The van der Waals surface area contributed by atoms with E-state index in [0.717, 1.165) is 19.5 Å². The molecule has 1 aliphatic rings. The first-order valence-corrected chi connectivity index (χ1v) is 7.32. The Balaban J connectivity index is 2.24. The van der Waals surface area contributed by atoms with Crippen molar-refractivity contribution in [1.82, 2.24) is 10.2 Å². The first kappa shape index (κ1) is 16.0. The van der Waals surface area contributed by atoms with Crippen LogP contribution in [0.5, 0.6) is 0 Å². The molecule has 1 rings (SSSR count). The lowest BCUT2D eigenvalue weighted by Gasteiger charge is -2.27. The number of likely N-dealkylation sites (tertiary alicyclic amines) is 1.